The second kappa shape index (κ2) is 5.35. The Morgan fingerprint density at radius 1 is 1.50 bits per heavy atom. The lowest BCUT2D eigenvalue weighted by molar-refractivity contribution is -0.148. The third-order valence-corrected chi connectivity index (χ3v) is 2.88. The van der Waals surface area contributed by atoms with Gasteiger partial charge in [0.2, 0.25) is 5.91 Å². The first-order chi connectivity index (χ1) is 8.22. The number of carboxylic acids is 1. The predicted octanol–water partition coefficient (Wildman–Crippen LogP) is 2.48. The zero-order chi connectivity index (χ0) is 13.9. The van der Waals surface area contributed by atoms with E-state index < -0.39 is 11.4 Å². The summed E-state index contributed by atoms with van der Waals surface area (Å²) in [6.07, 6.45) is 1.32. The molecule has 0 saturated carbocycles. The van der Waals surface area contributed by atoms with Gasteiger partial charge in [0.15, 0.2) is 0 Å². The van der Waals surface area contributed by atoms with Crippen LogP contribution in [0.2, 0.25) is 5.15 Å². The average Bonchev–Trinajstić information content (AvgIpc) is 2.22. The molecule has 0 unspecified atom stereocenters. The summed E-state index contributed by atoms with van der Waals surface area (Å²) in [7, 11) is 0. The van der Waals surface area contributed by atoms with Crippen LogP contribution in [-0.2, 0) is 9.59 Å². The van der Waals surface area contributed by atoms with Crippen LogP contribution >= 0.6 is 11.6 Å². The Kier molecular flexibility index (Phi) is 4.29. The molecule has 5 nitrogen and oxygen atoms in total. The smallest absolute Gasteiger partial charge is 0.309 e. The van der Waals surface area contributed by atoms with Gasteiger partial charge >= 0.3 is 5.97 Å². The van der Waals surface area contributed by atoms with Crippen molar-refractivity contribution >= 4 is 29.2 Å². The SMILES string of the molecule is Cc1cc(NC(=O)CC(C)(C)C(=O)O)cnc1Cl. The van der Waals surface area contributed by atoms with Gasteiger partial charge in [0.1, 0.15) is 5.15 Å². The van der Waals surface area contributed by atoms with Gasteiger partial charge in [-0.1, -0.05) is 11.6 Å². The van der Waals surface area contributed by atoms with E-state index in [-0.39, 0.29) is 12.3 Å². The fourth-order valence-corrected chi connectivity index (χ4v) is 1.41. The first-order valence-corrected chi connectivity index (χ1v) is 5.75. The lowest BCUT2D eigenvalue weighted by Crippen LogP contribution is -2.29. The molecule has 0 radical (unpaired) electrons. The number of carbonyl (C=O) groups excluding carboxylic acids is 1. The van der Waals surface area contributed by atoms with E-state index in [1.807, 2.05) is 0 Å². The van der Waals surface area contributed by atoms with Crippen LogP contribution in [0.3, 0.4) is 0 Å². The van der Waals surface area contributed by atoms with Crippen LogP contribution < -0.4 is 5.32 Å². The van der Waals surface area contributed by atoms with Crippen molar-refractivity contribution in [1.82, 2.24) is 4.98 Å². The predicted molar refractivity (Wildman–Crippen MR) is 68.6 cm³/mol. The fraction of sp³-hybridized carbons (Fsp3) is 0.417. The summed E-state index contributed by atoms with van der Waals surface area (Å²) in [5.74, 6) is -1.38. The molecule has 0 atom stereocenters. The minimum absolute atomic E-state index is 0.107. The van der Waals surface area contributed by atoms with Gasteiger partial charge in [0.25, 0.3) is 0 Å². The lowest BCUT2D eigenvalue weighted by atomic mass is 9.89. The second-order valence-corrected chi connectivity index (χ2v) is 5.10. The molecule has 2 N–H and O–H groups in total. The maximum atomic E-state index is 11.7. The molecule has 18 heavy (non-hydrogen) atoms. The number of nitrogens with zero attached hydrogens (tertiary/aromatic N) is 1. The van der Waals surface area contributed by atoms with E-state index in [0.717, 1.165) is 5.56 Å². The van der Waals surface area contributed by atoms with E-state index in [9.17, 15) is 9.59 Å². The Balaban J connectivity index is 2.71. The summed E-state index contributed by atoms with van der Waals surface area (Å²) in [4.78, 5) is 26.5. The van der Waals surface area contributed by atoms with Gasteiger partial charge in [-0.25, -0.2) is 4.98 Å². The number of carbonyl (C=O) groups is 2. The number of rotatable bonds is 4. The molecule has 98 valence electrons. The summed E-state index contributed by atoms with van der Waals surface area (Å²) >= 11 is 5.76. The zero-order valence-electron chi connectivity index (χ0n) is 10.5. The van der Waals surface area contributed by atoms with E-state index in [2.05, 4.69) is 10.3 Å². The monoisotopic (exact) mass is 270 g/mol. The maximum Gasteiger partial charge on any atom is 0.309 e. The van der Waals surface area contributed by atoms with Crippen molar-refractivity contribution in [2.24, 2.45) is 5.41 Å². The fourth-order valence-electron chi connectivity index (χ4n) is 1.31. The first-order valence-electron chi connectivity index (χ1n) is 5.38. The summed E-state index contributed by atoms with van der Waals surface area (Å²) in [5.41, 5.74) is 0.147. The summed E-state index contributed by atoms with van der Waals surface area (Å²) in [6, 6.07) is 1.68. The van der Waals surface area contributed by atoms with Crippen molar-refractivity contribution in [3.8, 4) is 0 Å². The Bertz CT molecular complexity index is 486. The van der Waals surface area contributed by atoms with Crippen LogP contribution in [0.15, 0.2) is 12.3 Å². The molecule has 0 aliphatic heterocycles. The van der Waals surface area contributed by atoms with Crippen molar-refractivity contribution in [2.75, 3.05) is 5.32 Å². The Morgan fingerprint density at radius 2 is 2.11 bits per heavy atom. The Morgan fingerprint density at radius 3 is 2.61 bits per heavy atom. The Hall–Kier alpha value is -1.62. The standard InChI is InChI=1S/C12H15ClN2O3/c1-7-4-8(6-14-10(7)13)15-9(16)5-12(2,3)11(17)18/h4,6H,5H2,1-3H3,(H,15,16)(H,17,18). The van der Waals surface area contributed by atoms with Crippen molar-refractivity contribution in [2.45, 2.75) is 27.2 Å². The zero-order valence-corrected chi connectivity index (χ0v) is 11.2. The largest absolute Gasteiger partial charge is 0.481 e. The molecule has 1 heterocycles. The lowest BCUT2D eigenvalue weighted by Gasteiger charge is -2.18. The summed E-state index contributed by atoms with van der Waals surface area (Å²) in [6.45, 7) is 4.77. The number of halogens is 1. The highest BCUT2D eigenvalue weighted by Gasteiger charge is 2.30. The van der Waals surface area contributed by atoms with Crippen LogP contribution in [0.1, 0.15) is 25.8 Å². The third-order valence-electron chi connectivity index (χ3n) is 2.48. The van der Waals surface area contributed by atoms with E-state index in [4.69, 9.17) is 16.7 Å². The topological polar surface area (TPSA) is 79.3 Å². The van der Waals surface area contributed by atoms with Crippen molar-refractivity contribution in [3.63, 3.8) is 0 Å². The number of hydrogen-bond acceptors (Lipinski definition) is 3. The summed E-state index contributed by atoms with van der Waals surface area (Å²) in [5, 5.41) is 11.9. The van der Waals surface area contributed by atoms with Gasteiger partial charge in [-0.15, -0.1) is 0 Å². The highest BCUT2D eigenvalue weighted by atomic mass is 35.5. The van der Waals surface area contributed by atoms with Crippen LogP contribution in [0.25, 0.3) is 0 Å². The number of pyridine rings is 1. The van der Waals surface area contributed by atoms with Gasteiger partial charge in [-0.3, -0.25) is 9.59 Å². The molecule has 0 spiro atoms. The van der Waals surface area contributed by atoms with Crippen LogP contribution in [0.4, 0.5) is 5.69 Å². The van der Waals surface area contributed by atoms with Crippen molar-refractivity contribution in [1.29, 1.82) is 0 Å². The molecular weight excluding hydrogens is 256 g/mol. The molecule has 1 aromatic rings. The number of amides is 1. The molecule has 1 rings (SSSR count). The van der Waals surface area contributed by atoms with E-state index in [1.165, 1.54) is 20.0 Å². The number of aliphatic carboxylic acids is 1. The van der Waals surface area contributed by atoms with Gasteiger partial charge in [0, 0.05) is 6.42 Å². The summed E-state index contributed by atoms with van der Waals surface area (Å²) < 4.78 is 0. The van der Waals surface area contributed by atoms with Gasteiger partial charge in [-0.2, -0.15) is 0 Å². The molecule has 0 saturated heterocycles. The first kappa shape index (κ1) is 14.4. The molecular formula is C12H15ClN2O3. The molecule has 6 heteroatoms. The van der Waals surface area contributed by atoms with Crippen LogP contribution in [0, 0.1) is 12.3 Å². The normalized spacial score (nSPS) is 11.1. The molecule has 0 aliphatic rings. The molecule has 0 bridgehead atoms. The van der Waals surface area contributed by atoms with E-state index >= 15 is 0 Å². The Labute approximate surface area is 110 Å². The van der Waals surface area contributed by atoms with Crippen molar-refractivity contribution in [3.05, 3.63) is 23.0 Å². The minimum Gasteiger partial charge on any atom is -0.481 e. The molecule has 1 aromatic heterocycles. The number of anilines is 1. The maximum absolute atomic E-state index is 11.7. The van der Waals surface area contributed by atoms with Gasteiger partial charge in [-0.05, 0) is 32.4 Å². The van der Waals surface area contributed by atoms with E-state index in [1.54, 1.807) is 13.0 Å². The van der Waals surface area contributed by atoms with Gasteiger partial charge < -0.3 is 10.4 Å². The second-order valence-electron chi connectivity index (χ2n) is 4.75. The number of carboxylic acid groups (broad SMARTS) is 1. The molecule has 1 amide bonds. The highest BCUT2D eigenvalue weighted by molar-refractivity contribution is 6.30. The average molecular weight is 271 g/mol. The number of aromatic nitrogens is 1. The highest BCUT2D eigenvalue weighted by Crippen LogP contribution is 2.22. The number of hydrogen-bond donors (Lipinski definition) is 2. The van der Waals surface area contributed by atoms with Crippen LogP contribution in [0.5, 0.6) is 0 Å². The number of aryl methyl sites for hydroxylation is 1. The molecule has 0 aromatic carbocycles. The van der Waals surface area contributed by atoms with Crippen molar-refractivity contribution < 1.29 is 14.7 Å². The molecule has 0 aliphatic carbocycles. The third kappa shape index (κ3) is 3.70. The van der Waals surface area contributed by atoms with Gasteiger partial charge in [0.05, 0.1) is 17.3 Å². The quantitative estimate of drug-likeness (QED) is 0.824. The van der Waals surface area contributed by atoms with Crippen LogP contribution in [-0.4, -0.2) is 22.0 Å². The molecule has 0 fully saturated rings. The van der Waals surface area contributed by atoms with E-state index in [0.29, 0.717) is 10.8 Å². The minimum atomic E-state index is -1.10. The number of nitrogens with one attached hydrogen (secondary N) is 1.